The van der Waals surface area contributed by atoms with Crippen LogP contribution in [0.2, 0.25) is 0 Å². The molecule has 20 heavy (non-hydrogen) atoms. The van der Waals surface area contributed by atoms with Gasteiger partial charge in [0.2, 0.25) is 0 Å². The van der Waals surface area contributed by atoms with Gasteiger partial charge < -0.3 is 9.72 Å². The number of aromatic nitrogens is 2. The third-order valence-electron chi connectivity index (χ3n) is 3.40. The van der Waals surface area contributed by atoms with Crippen molar-refractivity contribution in [2.45, 2.75) is 6.92 Å². The van der Waals surface area contributed by atoms with Gasteiger partial charge in [0.05, 0.1) is 7.11 Å². The summed E-state index contributed by atoms with van der Waals surface area (Å²) >= 11 is 0. The molecule has 0 aliphatic carbocycles. The molecule has 0 fully saturated rings. The lowest BCUT2D eigenvalue weighted by atomic mass is 10.0. The van der Waals surface area contributed by atoms with Crippen LogP contribution in [-0.2, 0) is 0 Å². The van der Waals surface area contributed by atoms with E-state index in [1.807, 2.05) is 25.1 Å². The van der Waals surface area contributed by atoms with Crippen LogP contribution in [0.1, 0.15) is 21.5 Å². The quantitative estimate of drug-likeness (QED) is 0.741. The summed E-state index contributed by atoms with van der Waals surface area (Å²) in [6.45, 7) is 1.95. The molecule has 0 spiro atoms. The number of carbonyl (C=O) groups excluding carboxylic acids is 1. The van der Waals surface area contributed by atoms with Gasteiger partial charge in [0.15, 0.2) is 5.78 Å². The third kappa shape index (κ3) is 1.95. The van der Waals surface area contributed by atoms with Crippen molar-refractivity contribution in [3.63, 3.8) is 0 Å². The van der Waals surface area contributed by atoms with Gasteiger partial charge in [-0.15, -0.1) is 0 Å². The van der Waals surface area contributed by atoms with Gasteiger partial charge in [-0.25, -0.2) is 0 Å². The minimum absolute atomic E-state index is 0.0393. The zero-order valence-corrected chi connectivity index (χ0v) is 11.3. The standard InChI is InChI=1S/C16H14N2O2/c1-10-3-4-11(7-15(10)20-2)16(19)13-9-18-14-5-6-17-8-12(13)14/h3-9,18H,1-2H3. The number of benzene rings is 1. The van der Waals surface area contributed by atoms with Gasteiger partial charge >= 0.3 is 0 Å². The van der Waals surface area contributed by atoms with Gasteiger partial charge in [-0.05, 0) is 24.6 Å². The molecule has 3 aromatic rings. The van der Waals surface area contributed by atoms with Crippen LogP contribution in [0.25, 0.3) is 10.9 Å². The molecule has 4 heteroatoms. The first-order valence-corrected chi connectivity index (χ1v) is 6.31. The number of rotatable bonds is 3. The fourth-order valence-electron chi connectivity index (χ4n) is 2.27. The number of methoxy groups -OCH3 is 1. The summed E-state index contributed by atoms with van der Waals surface area (Å²) in [4.78, 5) is 19.8. The first kappa shape index (κ1) is 12.4. The number of pyridine rings is 1. The lowest BCUT2D eigenvalue weighted by molar-refractivity contribution is 0.104. The number of nitrogens with zero attached hydrogens (tertiary/aromatic N) is 1. The van der Waals surface area contributed by atoms with Gasteiger partial charge in [-0.3, -0.25) is 9.78 Å². The fraction of sp³-hybridized carbons (Fsp3) is 0.125. The molecule has 0 saturated heterocycles. The molecular formula is C16H14N2O2. The Labute approximate surface area is 116 Å². The number of aryl methyl sites for hydroxylation is 1. The summed E-state index contributed by atoms with van der Waals surface area (Å²) in [5, 5.41) is 0.831. The Morgan fingerprint density at radius 1 is 1.30 bits per heavy atom. The normalized spacial score (nSPS) is 10.7. The van der Waals surface area contributed by atoms with Crippen LogP contribution >= 0.6 is 0 Å². The highest BCUT2D eigenvalue weighted by Gasteiger charge is 2.15. The van der Waals surface area contributed by atoms with E-state index in [0.717, 1.165) is 16.5 Å². The Bertz CT molecular complexity index is 790. The lowest BCUT2D eigenvalue weighted by Gasteiger charge is -2.06. The summed E-state index contributed by atoms with van der Waals surface area (Å²) in [6.07, 6.45) is 5.12. The maximum atomic E-state index is 12.6. The molecule has 0 aliphatic heterocycles. The number of H-pyrrole nitrogens is 1. The Morgan fingerprint density at radius 2 is 2.15 bits per heavy atom. The molecule has 3 rings (SSSR count). The van der Waals surface area contributed by atoms with Crippen LogP contribution in [0.3, 0.4) is 0 Å². The molecule has 0 atom stereocenters. The lowest BCUT2D eigenvalue weighted by Crippen LogP contribution is -2.01. The molecule has 0 aliphatic rings. The highest BCUT2D eigenvalue weighted by atomic mass is 16.5. The van der Waals surface area contributed by atoms with Gasteiger partial charge in [0, 0.05) is 40.6 Å². The van der Waals surface area contributed by atoms with E-state index >= 15 is 0 Å². The maximum Gasteiger partial charge on any atom is 0.195 e. The number of hydrogen-bond donors (Lipinski definition) is 1. The summed E-state index contributed by atoms with van der Waals surface area (Å²) in [5.74, 6) is 0.677. The zero-order chi connectivity index (χ0) is 14.1. The number of ether oxygens (including phenoxy) is 1. The monoisotopic (exact) mass is 266 g/mol. The van der Waals surface area contributed by atoms with Gasteiger partial charge in [0.25, 0.3) is 0 Å². The van der Waals surface area contributed by atoms with E-state index in [4.69, 9.17) is 4.74 Å². The van der Waals surface area contributed by atoms with Crippen LogP contribution in [0.4, 0.5) is 0 Å². The van der Waals surface area contributed by atoms with Crippen molar-refractivity contribution in [1.29, 1.82) is 0 Å². The Kier molecular flexibility index (Phi) is 2.99. The summed E-state index contributed by atoms with van der Waals surface area (Å²) in [7, 11) is 1.60. The van der Waals surface area contributed by atoms with E-state index in [2.05, 4.69) is 9.97 Å². The molecule has 0 unspecified atom stereocenters. The van der Waals surface area contributed by atoms with Crippen molar-refractivity contribution in [2.75, 3.05) is 7.11 Å². The molecule has 1 aromatic carbocycles. The van der Waals surface area contributed by atoms with Crippen LogP contribution < -0.4 is 4.74 Å². The van der Waals surface area contributed by atoms with Gasteiger partial charge in [-0.1, -0.05) is 12.1 Å². The molecule has 4 nitrogen and oxygen atoms in total. The number of hydrogen-bond acceptors (Lipinski definition) is 3. The van der Waals surface area contributed by atoms with Crippen LogP contribution in [-0.4, -0.2) is 22.9 Å². The second-order valence-corrected chi connectivity index (χ2v) is 4.64. The number of aromatic amines is 1. The predicted molar refractivity (Wildman–Crippen MR) is 77.3 cm³/mol. The first-order valence-electron chi connectivity index (χ1n) is 6.31. The Morgan fingerprint density at radius 3 is 2.95 bits per heavy atom. The maximum absolute atomic E-state index is 12.6. The van der Waals surface area contributed by atoms with E-state index in [0.29, 0.717) is 16.9 Å². The fourth-order valence-corrected chi connectivity index (χ4v) is 2.27. The number of ketones is 1. The molecule has 2 aromatic heterocycles. The third-order valence-corrected chi connectivity index (χ3v) is 3.40. The average molecular weight is 266 g/mol. The molecule has 0 radical (unpaired) electrons. The van der Waals surface area contributed by atoms with E-state index < -0.39 is 0 Å². The summed E-state index contributed by atoms with van der Waals surface area (Å²) in [5.41, 5.74) is 3.14. The topological polar surface area (TPSA) is 55.0 Å². The van der Waals surface area contributed by atoms with Crippen molar-refractivity contribution in [3.05, 3.63) is 59.5 Å². The highest BCUT2D eigenvalue weighted by molar-refractivity contribution is 6.16. The van der Waals surface area contributed by atoms with Crippen molar-refractivity contribution < 1.29 is 9.53 Å². The Balaban J connectivity index is 2.08. The molecule has 2 heterocycles. The van der Waals surface area contributed by atoms with Crippen molar-refractivity contribution in [3.8, 4) is 5.75 Å². The number of carbonyl (C=O) groups is 1. The van der Waals surface area contributed by atoms with Crippen LogP contribution in [0.15, 0.2) is 42.9 Å². The highest BCUT2D eigenvalue weighted by Crippen LogP contribution is 2.24. The second-order valence-electron chi connectivity index (χ2n) is 4.64. The first-order chi connectivity index (χ1) is 9.70. The molecule has 1 N–H and O–H groups in total. The van der Waals surface area contributed by atoms with Crippen molar-refractivity contribution >= 4 is 16.7 Å². The SMILES string of the molecule is COc1cc(C(=O)c2c[nH]c3ccncc23)ccc1C. The molecule has 0 amide bonds. The van der Waals surface area contributed by atoms with Gasteiger partial charge in [-0.2, -0.15) is 0 Å². The second kappa shape index (κ2) is 4.81. The number of fused-ring (bicyclic) bond motifs is 1. The molecule has 0 saturated carbocycles. The van der Waals surface area contributed by atoms with E-state index in [1.165, 1.54) is 0 Å². The van der Waals surface area contributed by atoms with Crippen LogP contribution in [0, 0.1) is 6.92 Å². The average Bonchev–Trinajstić information content (AvgIpc) is 2.91. The van der Waals surface area contributed by atoms with E-state index in [9.17, 15) is 4.79 Å². The summed E-state index contributed by atoms with van der Waals surface area (Å²) in [6, 6.07) is 7.32. The predicted octanol–water partition coefficient (Wildman–Crippen LogP) is 3.11. The molecule has 100 valence electrons. The van der Waals surface area contributed by atoms with E-state index in [1.54, 1.807) is 31.8 Å². The van der Waals surface area contributed by atoms with E-state index in [-0.39, 0.29) is 5.78 Å². The molecule has 0 bridgehead atoms. The number of nitrogens with one attached hydrogen (secondary N) is 1. The zero-order valence-electron chi connectivity index (χ0n) is 11.3. The minimum Gasteiger partial charge on any atom is -0.496 e. The molecular weight excluding hydrogens is 252 g/mol. The largest absolute Gasteiger partial charge is 0.496 e. The van der Waals surface area contributed by atoms with Crippen molar-refractivity contribution in [2.24, 2.45) is 0 Å². The van der Waals surface area contributed by atoms with Crippen molar-refractivity contribution in [1.82, 2.24) is 9.97 Å². The summed E-state index contributed by atoms with van der Waals surface area (Å²) < 4.78 is 5.27. The van der Waals surface area contributed by atoms with Crippen LogP contribution in [0.5, 0.6) is 5.75 Å². The smallest absolute Gasteiger partial charge is 0.195 e. The minimum atomic E-state index is -0.0393. The van der Waals surface area contributed by atoms with Gasteiger partial charge in [0.1, 0.15) is 5.75 Å². The Hall–Kier alpha value is -2.62.